The maximum absolute atomic E-state index is 10.9. The van der Waals surface area contributed by atoms with Gasteiger partial charge in [0.05, 0.1) is 13.5 Å². The molecule has 0 atom stereocenters. The van der Waals surface area contributed by atoms with E-state index in [0.717, 1.165) is 28.7 Å². The largest absolute Gasteiger partial charge is 0.478 e. The highest BCUT2D eigenvalue weighted by Crippen LogP contribution is 2.14. The molecule has 0 spiro atoms. The van der Waals surface area contributed by atoms with Crippen molar-refractivity contribution in [3.63, 3.8) is 0 Å². The minimum atomic E-state index is -0.956. The number of thioether (sulfide) groups is 1. The molecule has 0 saturated heterocycles. The van der Waals surface area contributed by atoms with Crippen molar-refractivity contribution in [2.45, 2.75) is 12.2 Å². The molecule has 4 nitrogen and oxygen atoms in total. The number of carbonyl (C=O) groups is 2. The highest BCUT2D eigenvalue weighted by atomic mass is 32.2. The number of esters is 1. The number of hydrogen-bond donors (Lipinski definition) is 1. The van der Waals surface area contributed by atoms with Gasteiger partial charge in [0.1, 0.15) is 0 Å². The van der Waals surface area contributed by atoms with E-state index in [-0.39, 0.29) is 5.97 Å². The lowest BCUT2D eigenvalue weighted by Crippen LogP contribution is -2.01. The first-order chi connectivity index (χ1) is 9.11. The zero-order valence-electron chi connectivity index (χ0n) is 10.7. The molecule has 0 fully saturated rings. The number of methoxy groups -OCH3 is 1. The standard InChI is InChI=1S/C14H16O4S/c1-18-14(17)8-9-19-10-12-4-2-11(3-5-12)6-7-13(15)16/h2-7H,8-10H2,1H3,(H,15,16). The van der Waals surface area contributed by atoms with Crippen LogP contribution in [0.15, 0.2) is 30.3 Å². The van der Waals surface area contributed by atoms with Crippen LogP contribution in [0.4, 0.5) is 0 Å². The second-order valence-corrected chi connectivity index (χ2v) is 4.90. The maximum Gasteiger partial charge on any atom is 0.328 e. The summed E-state index contributed by atoms with van der Waals surface area (Å²) in [6.07, 6.45) is 3.08. The monoisotopic (exact) mass is 280 g/mol. The minimum Gasteiger partial charge on any atom is -0.478 e. The van der Waals surface area contributed by atoms with E-state index >= 15 is 0 Å². The molecular formula is C14H16O4S. The van der Waals surface area contributed by atoms with Gasteiger partial charge in [-0.2, -0.15) is 11.8 Å². The van der Waals surface area contributed by atoms with Crippen molar-refractivity contribution in [2.24, 2.45) is 0 Å². The molecule has 1 N–H and O–H groups in total. The molecular weight excluding hydrogens is 264 g/mol. The van der Waals surface area contributed by atoms with Gasteiger partial charge in [0.25, 0.3) is 0 Å². The van der Waals surface area contributed by atoms with Crippen molar-refractivity contribution >= 4 is 29.8 Å². The van der Waals surface area contributed by atoms with Crippen molar-refractivity contribution in [2.75, 3.05) is 12.9 Å². The molecule has 102 valence electrons. The van der Waals surface area contributed by atoms with Crippen molar-refractivity contribution in [1.29, 1.82) is 0 Å². The van der Waals surface area contributed by atoms with E-state index in [9.17, 15) is 9.59 Å². The lowest BCUT2D eigenvalue weighted by Gasteiger charge is -2.02. The molecule has 0 radical (unpaired) electrons. The Kier molecular flexibility index (Phi) is 6.74. The molecule has 5 heteroatoms. The van der Waals surface area contributed by atoms with Crippen molar-refractivity contribution in [1.82, 2.24) is 0 Å². The first-order valence-corrected chi connectivity index (χ1v) is 6.92. The van der Waals surface area contributed by atoms with E-state index in [1.165, 1.54) is 7.11 Å². The normalized spacial score (nSPS) is 10.6. The molecule has 1 aromatic carbocycles. The molecule has 1 rings (SSSR count). The van der Waals surface area contributed by atoms with E-state index < -0.39 is 5.97 Å². The predicted molar refractivity (Wildman–Crippen MR) is 75.9 cm³/mol. The van der Waals surface area contributed by atoms with Gasteiger partial charge in [0, 0.05) is 17.6 Å². The maximum atomic E-state index is 10.9. The van der Waals surface area contributed by atoms with E-state index in [1.807, 2.05) is 24.3 Å². The number of benzene rings is 1. The second-order valence-electron chi connectivity index (χ2n) is 3.79. The van der Waals surface area contributed by atoms with Gasteiger partial charge in [-0.15, -0.1) is 0 Å². The van der Waals surface area contributed by atoms with Gasteiger partial charge in [0.2, 0.25) is 0 Å². The number of aliphatic carboxylic acids is 1. The Morgan fingerprint density at radius 2 is 2.00 bits per heavy atom. The average molecular weight is 280 g/mol. The lowest BCUT2D eigenvalue weighted by atomic mass is 10.1. The van der Waals surface area contributed by atoms with Crippen LogP contribution in [0.2, 0.25) is 0 Å². The summed E-state index contributed by atoms with van der Waals surface area (Å²) in [6, 6.07) is 7.64. The van der Waals surface area contributed by atoms with E-state index in [1.54, 1.807) is 17.8 Å². The number of carbonyl (C=O) groups excluding carboxylic acids is 1. The van der Waals surface area contributed by atoms with Crippen LogP contribution in [-0.4, -0.2) is 29.9 Å². The summed E-state index contributed by atoms with van der Waals surface area (Å²) >= 11 is 1.66. The minimum absolute atomic E-state index is 0.193. The summed E-state index contributed by atoms with van der Waals surface area (Å²) in [6.45, 7) is 0. The van der Waals surface area contributed by atoms with Gasteiger partial charge in [-0.25, -0.2) is 4.79 Å². The summed E-state index contributed by atoms with van der Waals surface area (Å²) in [5, 5.41) is 8.51. The Morgan fingerprint density at radius 3 is 2.58 bits per heavy atom. The Hall–Kier alpha value is -1.75. The molecule has 0 heterocycles. The molecule has 0 aliphatic rings. The molecule has 0 unspecified atom stereocenters. The molecule has 0 aliphatic carbocycles. The Labute approximate surface area is 116 Å². The Bertz CT molecular complexity index is 451. The lowest BCUT2D eigenvalue weighted by molar-refractivity contribution is -0.140. The van der Waals surface area contributed by atoms with E-state index in [0.29, 0.717) is 6.42 Å². The molecule has 19 heavy (non-hydrogen) atoms. The summed E-state index contributed by atoms with van der Waals surface area (Å²) in [5.41, 5.74) is 1.99. The number of rotatable bonds is 7. The Morgan fingerprint density at radius 1 is 1.32 bits per heavy atom. The molecule has 0 aliphatic heterocycles. The van der Waals surface area contributed by atoms with Crippen LogP contribution in [0.3, 0.4) is 0 Å². The van der Waals surface area contributed by atoms with Crippen LogP contribution in [0.5, 0.6) is 0 Å². The zero-order chi connectivity index (χ0) is 14.1. The predicted octanol–water partition coefficient (Wildman–Crippen LogP) is 2.58. The average Bonchev–Trinajstić information content (AvgIpc) is 2.42. The van der Waals surface area contributed by atoms with E-state index in [4.69, 9.17) is 5.11 Å². The molecule has 1 aromatic rings. The quantitative estimate of drug-likeness (QED) is 0.472. The molecule has 0 saturated carbocycles. The SMILES string of the molecule is COC(=O)CCSCc1ccc(C=CC(=O)O)cc1. The topological polar surface area (TPSA) is 63.6 Å². The highest BCUT2D eigenvalue weighted by Gasteiger charge is 2.00. The van der Waals surface area contributed by atoms with Crippen LogP contribution in [-0.2, 0) is 20.1 Å². The fourth-order valence-corrected chi connectivity index (χ4v) is 2.22. The van der Waals surface area contributed by atoms with Gasteiger partial charge >= 0.3 is 11.9 Å². The second kappa shape index (κ2) is 8.37. The third-order valence-corrected chi connectivity index (χ3v) is 3.38. The summed E-state index contributed by atoms with van der Waals surface area (Å²) in [4.78, 5) is 21.3. The number of ether oxygens (including phenoxy) is 1. The molecule has 0 amide bonds. The van der Waals surface area contributed by atoms with Gasteiger partial charge in [-0.05, 0) is 17.2 Å². The number of hydrogen-bond acceptors (Lipinski definition) is 4. The Balaban J connectivity index is 2.36. The summed E-state index contributed by atoms with van der Waals surface area (Å²) in [7, 11) is 1.39. The first kappa shape index (κ1) is 15.3. The molecule has 0 bridgehead atoms. The van der Waals surface area contributed by atoms with Crippen LogP contribution >= 0.6 is 11.8 Å². The first-order valence-electron chi connectivity index (χ1n) is 5.76. The molecule has 0 aromatic heterocycles. The summed E-state index contributed by atoms with van der Waals surface area (Å²) < 4.78 is 4.56. The highest BCUT2D eigenvalue weighted by molar-refractivity contribution is 7.98. The number of carboxylic acids is 1. The smallest absolute Gasteiger partial charge is 0.328 e. The van der Waals surface area contributed by atoms with E-state index in [2.05, 4.69) is 4.74 Å². The van der Waals surface area contributed by atoms with Crippen molar-refractivity contribution in [3.05, 3.63) is 41.5 Å². The fourth-order valence-electron chi connectivity index (χ4n) is 1.34. The van der Waals surface area contributed by atoms with Crippen LogP contribution in [0.1, 0.15) is 17.5 Å². The third-order valence-electron chi connectivity index (χ3n) is 2.35. The van der Waals surface area contributed by atoms with Gasteiger partial charge in [0.15, 0.2) is 0 Å². The third kappa shape index (κ3) is 6.67. The van der Waals surface area contributed by atoms with Crippen LogP contribution < -0.4 is 0 Å². The summed E-state index contributed by atoms with van der Waals surface area (Å²) in [5.74, 6) is 0.400. The zero-order valence-corrected chi connectivity index (χ0v) is 11.5. The van der Waals surface area contributed by atoms with Gasteiger partial charge in [-0.1, -0.05) is 24.3 Å². The van der Waals surface area contributed by atoms with Gasteiger partial charge < -0.3 is 9.84 Å². The number of carboxylic acid groups (broad SMARTS) is 1. The van der Waals surface area contributed by atoms with Gasteiger partial charge in [-0.3, -0.25) is 4.79 Å². The fraction of sp³-hybridized carbons (Fsp3) is 0.286. The van der Waals surface area contributed by atoms with Crippen molar-refractivity contribution < 1.29 is 19.4 Å². The van der Waals surface area contributed by atoms with Crippen LogP contribution in [0.25, 0.3) is 6.08 Å². The van der Waals surface area contributed by atoms with Crippen molar-refractivity contribution in [3.8, 4) is 0 Å². The van der Waals surface area contributed by atoms with Crippen LogP contribution in [0, 0.1) is 0 Å².